The molecule has 5 nitrogen and oxygen atoms in total. The van der Waals surface area contributed by atoms with E-state index in [9.17, 15) is 14.7 Å². The molecule has 116 valence electrons. The third-order valence-corrected chi connectivity index (χ3v) is 3.41. The molecular formula is C17H19NO4. The predicted molar refractivity (Wildman–Crippen MR) is 83.6 cm³/mol. The average molecular weight is 301 g/mol. The Morgan fingerprint density at radius 1 is 1.18 bits per heavy atom. The van der Waals surface area contributed by atoms with Crippen LogP contribution in [-0.2, 0) is 14.3 Å². The number of carbonyl (C=O) groups excluding carboxylic acids is 1. The number of ether oxygens (including phenoxy) is 1. The quantitative estimate of drug-likeness (QED) is 0.770. The van der Waals surface area contributed by atoms with E-state index >= 15 is 0 Å². The highest BCUT2D eigenvalue weighted by Gasteiger charge is 2.22. The van der Waals surface area contributed by atoms with Crippen molar-refractivity contribution in [2.24, 2.45) is 0 Å². The molecule has 0 bridgehead atoms. The van der Waals surface area contributed by atoms with Crippen LogP contribution in [0.3, 0.4) is 0 Å². The summed E-state index contributed by atoms with van der Waals surface area (Å²) in [4.78, 5) is 23.3. The Hall–Kier alpha value is -2.40. The molecule has 0 aromatic heterocycles. The van der Waals surface area contributed by atoms with E-state index in [0.29, 0.717) is 18.6 Å². The Morgan fingerprint density at radius 2 is 1.91 bits per heavy atom. The molecule has 2 aromatic carbocycles. The van der Waals surface area contributed by atoms with Crippen LogP contribution in [0.1, 0.15) is 24.4 Å². The lowest BCUT2D eigenvalue weighted by atomic mass is 10.0. The molecule has 0 radical (unpaired) electrons. The Balaban J connectivity index is 2.15. The van der Waals surface area contributed by atoms with Crippen molar-refractivity contribution < 1.29 is 19.4 Å². The number of carbonyl (C=O) groups is 2. The molecule has 0 aliphatic rings. The molecule has 5 heteroatoms. The van der Waals surface area contributed by atoms with Crippen LogP contribution in [-0.4, -0.2) is 30.7 Å². The fourth-order valence-electron chi connectivity index (χ4n) is 2.29. The molecule has 0 heterocycles. The molecule has 22 heavy (non-hydrogen) atoms. The first kappa shape index (κ1) is 16.0. The number of methoxy groups -OCH3 is 1. The summed E-state index contributed by atoms with van der Waals surface area (Å²) >= 11 is 0. The number of amides is 1. The minimum atomic E-state index is -1.07. The molecule has 0 saturated heterocycles. The Kier molecular flexibility index (Phi) is 5.49. The lowest BCUT2D eigenvalue weighted by molar-refractivity contribution is -0.142. The predicted octanol–water partition coefficient (Wildman–Crippen LogP) is 2.51. The zero-order chi connectivity index (χ0) is 15.9. The van der Waals surface area contributed by atoms with Gasteiger partial charge in [0.05, 0.1) is 0 Å². The number of fused-ring (bicyclic) bond motifs is 1. The van der Waals surface area contributed by atoms with Gasteiger partial charge >= 0.3 is 5.97 Å². The fraction of sp³-hybridized carbons (Fsp3) is 0.294. The van der Waals surface area contributed by atoms with Crippen LogP contribution in [0, 0.1) is 0 Å². The highest BCUT2D eigenvalue weighted by Crippen LogP contribution is 2.21. The number of nitrogens with one attached hydrogen (secondary N) is 1. The van der Waals surface area contributed by atoms with Crippen LogP contribution >= 0.6 is 0 Å². The monoisotopic (exact) mass is 301 g/mol. The van der Waals surface area contributed by atoms with Crippen molar-refractivity contribution in [2.45, 2.75) is 18.9 Å². The van der Waals surface area contributed by atoms with Crippen LogP contribution in [0.15, 0.2) is 42.5 Å². The van der Waals surface area contributed by atoms with E-state index < -0.39 is 12.0 Å². The number of hydrogen-bond donors (Lipinski definition) is 2. The van der Waals surface area contributed by atoms with Crippen molar-refractivity contribution in [2.75, 3.05) is 13.7 Å². The summed E-state index contributed by atoms with van der Waals surface area (Å²) in [5, 5.41) is 13.9. The van der Waals surface area contributed by atoms with E-state index in [2.05, 4.69) is 5.32 Å². The van der Waals surface area contributed by atoms with Crippen molar-refractivity contribution in [1.29, 1.82) is 0 Å². The van der Waals surface area contributed by atoms with Gasteiger partial charge in [0.25, 0.3) is 0 Å². The highest BCUT2D eigenvalue weighted by atomic mass is 16.5. The zero-order valence-corrected chi connectivity index (χ0v) is 12.4. The van der Waals surface area contributed by atoms with Gasteiger partial charge in [0.15, 0.2) is 6.04 Å². The van der Waals surface area contributed by atoms with E-state index in [-0.39, 0.29) is 12.3 Å². The van der Waals surface area contributed by atoms with Gasteiger partial charge in [-0.05, 0) is 28.8 Å². The second-order valence-electron chi connectivity index (χ2n) is 5.04. The third-order valence-electron chi connectivity index (χ3n) is 3.41. The van der Waals surface area contributed by atoms with E-state index in [1.807, 2.05) is 30.3 Å². The van der Waals surface area contributed by atoms with Crippen molar-refractivity contribution in [3.63, 3.8) is 0 Å². The lowest BCUT2D eigenvalue weighted by Gasteiger charge is -2.15. The average Bonchev–Trinajstić information content (AvgIpc) is 2.52. The second kappa shape index (κ2) is 7.56. The summed E-state index contributed by atoms with van der Waals surface area (Å²) in [5.74, 6) is -1.37. The highest BCUT2D eigenvalue weighted by molar-refractivity contribution is 5.88. The van der Waals surface area contributed by atoms with E-state index in [1.165, 1.54) is 0 Å². The summed E-state index contributed by atoms with van der Waals surface area (Å²) < 4.78 is 4.88. The number of benzene rings is 2. The first-order valence-electron chi connectivity index (χ1n) is 7.11. The second-order valence-corrected chi connectivity index (χ2v) is 5.04. The lowest BCUT2D eigenvalue weighted by Crippen LogP contribution is -2.33. The van der Waals surface area contributed by atoms with Crippen LogP contribution in [0.4, 0.5) is 0 Å². The molecule has 1 atom stereocenters. The summed E-state index contributed by atoms with van der Waals surface area (Å²) in [6.45, 7) is 0.473. The molecule has 0 fully saturated rings. The molecule has 2 rings (SSSR count). The van der Waals surface area contributed by atoms with Crippen LogP contribution in [0.2, 0.25) is 0 Å². The van der Waals surface area contributed by atoms with Crippen molar-refractivity contribution in [1.82, 2.24) is 5.32 Å². The maximum absolute atomic E-state index is 11.8. The Labute approximate surface area is 128 Å². The van der Waals surface area contributed by atoms with Gasteiger partial charge in [-0.15, -0.1) is 0 Å². The standard InChI is InChI=1S/C17H19NO4/c1-22-10-4-7-15(19)18-16(17(20)21)14-9-8-12-5-2-3-6-13(12)11-14/h2-3,5-6,8-9,11,16H,4,7,10H2,1H3,(H,18,19)(H,20,21). The number of aliphatic carboxylic acids is 1. The van der Waals surface area contributed by atoms with Gasteiger partial charge in [-0.25, -0.2) is 4.79 Å². The van der Waals surface area contributed by atoms with E-state index in [4.69, 9.17) is 4.74 Å². The summed E-state index contributed by atoms with van der Waals surface area (Å²) in [5.41, 5.74) is 0.561. The van der Waals surface area contributed by atoms with Crippen molar-refractivity contribution in [3.05, 3.63) is 48.0 Å². The summed E-state index contributed by atoms with van der Waals surface area (Å²) in [6, 6.07) is 12.0. The number of carboxylic acids is 1. The normalized spacial score (nSPS) is 12.0. The maximum Gasteiger partial charge on any atom is 0.330 e. The largest absolute Gasteiger partial charge is 0.479 e. The fourth-order valence-corrected chi connectivity index (χ4v) is 2.29. The summed E-state index contributed by atoms with van der Waals surface area (Å²) in [6.07, 6.45) is 0.803. The SMILES string of the molecule is COCCCC(=O)NC(C(=O)O)c1ccc2ccccc2c1. The smallest absolute Gasteiger partial charge is 0.330 e. The first-order valence-corrected chi connectivity index (χ1v) is 7.11. The molecule has 1 amide bonds. The number of carboxylic acid groups (broad SMARTS) is 1. The van der Waals surface area contributed by atoms with Gasteiger partial charge in [0.1, 0.15) is 0 Å². The van der Waals surface area contributed by atoms with Gasteiger partial charge in [-0.2, -0.15) is 0 Å². The number of rotatable bonds is 7. The van der Waals surface area contributed by atoms with E-state index in [0.717, 1.165) is 10.8 Å². The van der Waals surface area contributed by atoms with Crippen LogP contribution in [0.5, 0.6) is 0 Å². The molecule has 0 aliphatic carbocycles. The minimum absolute atomic E-state index is 0.241. The van der Waals surface area contributed by atoms with Gasteiger partial charge < -0.3 is 15.2 Å². The van der Waals surface area contributed by atoms with Gasteiger partial charge in [-0.3, -0.25) is 4.79 Å². The topological polar surface area (TPSA) is 75.6 Å². The van der Waals surface area contributed by atoms with Gasteiger partial charge in [0, 0.05) is 20.1 Å². The Morgan fingerprint density at radius 3 is 2.59 bits per heavy atom. The zero-order valence-electron chi connectivity index (χ0n) is 12.4. The van der Waals surface area contributed by atoms with Gasteiger partial charge in [-0.1, -0.05) is 36.4 Å². The molecule has 0 aliphatic heterocycles. The maximum atomic E-state index is 11.8. The van der Waals surface area contributed by atoms with Crippen LogP contribution < -0.4 is 5.32 Å². The first-order chi connectivity index (χ1) is 10.6. The summed E-state index contributed by atoms with van der Waals surface area (Å²) in [7, 11) is 1.56. The molecule has 2 N–H and O–H groups in total. The Bertz CT molecular complexity index is 669. The van der Waals surface area contributed by atoms with Gasteiger partial charge in [0.2, 0.25) is 5.91 Å². The number of hydrogen-bond acceptors (Lipinski definition) is 3. The van der Waals surface area contributed by atoms with Crippen molar-refractivity contribution in [3.8, 4) is 0 Å². The molecular weight excluding hydrogens is 282 g/mol. The third kappa shape index (κ3) is 4.05. The molecule has 2 aromatic rings. The molecule has 1 unspecified atom stereocenters. The van der Waals surface area contributed by atoms with Crippen LogP contribution in [0.25, 0.3) is 10.8 Å². The van der Waals surface area contributed by atoms with E-state index in [1.54, 1.807) is 19.2 Å². The molecule has 0 spiro atoms. The van der Waals surface area contributed by atoms with Crippen molar-refractivity contribution >= 4 is 22.6 Å². The minimum Gasteiger partial charge on any atom is -0.479 e. The molecule has 0 saturated carbocycles.